The first-order valence-corrected chi connectivity index (χ1v) is 9.52. The Kier molecular flexibility index (Phi) is 4.74. The number of H-pyrrole nitrogens is 1. The molecule has 0 saturated heterocycles. The zero-order valence-corrected chi connectivity index (χ0v) is 16.3. The van der Waals surface area contributed by atoms with E-state index >= 15 is 0 Å². The Labute approximate surface area is 164 Å². The van der Waals surface area contributed by atoms with Crippen LogP contribution in [0.15, 0.2) is 67.0 Å². The van der Waals surface area contributed by atoms with Gasteiger partial charge in [-0.25, -0.2) is 4.98 Å². The largest absolute Gasteiger partial charge is 0.342 e. The summed E-state index contributed by atoms with van der Waals surface area (Å²) in [5, 5.41) is 3.16. The van der Waals surface area contributed by atoms with Crippen molar-refractivity contribution in [3.63, 3.8) is 0 Å². The number of imidazole rings is 1. The van der Waals surface area contributed by atoms with Crippen LogP contribution >= 0.6 is 0 Å². The van der Waals surface area contributed by atoms with Gasteiger partial charge in [0.1, 0.15) is 5.82 Å². The number of hydrogen-bond donors (Lipinski definition) is 2. The van der Waals surface area contributed by atoms with Crippen LogP contribution in [0.2, 0.25) is 0 Å². The predicted molar refractivity (Wildman–Crippen MR) is 112 cm³/mol. The summed E-state index contributed by atoms with van der Waals surface area (Å²) in [6.45, 7) is 6.21. The van der Waals surface area contributed by atoms with E-state index in [1.807, 2.05) is 78.5 Å². The topological polar surface area (TPSA) is 62.7 Å². The third-order valence-electron chi connectivity index (χ3n) is 5.01. The molecular formula is C23H24N4O. The van der Waals surface area contributed by atoms with Gasteiger partial charge < -0.3 is 14.9 Å². The summed E-state index contributed by atoms with van der Waals surface area (Å²) in [4.78, 5) is 21.0. The lowest BCUT2D eigenvalue weighted by Crippen LogP contribution is -2.32. The number of aromatic amines is 1. The summed E-state index contributed by atoms with van der Waals surface area (Å²) in [5.74, 6) is 0.869. The van der Waals surface area contributed by atoms with E-state index in [9.17, 15) is 4.79 Å². The Balaban J connectivity index is 1.63. The molecule has 4 aromatic rings. The van der Waals surface area contributed by atoms with E-state index in [1.165, 1.54) is 0 Å². The molecule has 142 valence electrons. The number of para-hydroxylation sites is 2. The normalized spacial score (nSPS) is 12.4. The molecule has 0 aliphatic carbocycles. The van der Waals surface area contributed by atoms with Gasteiger partial charge in [-0.05, 0) is 54.8 Å². The standard InChI is InChI=1S/C23H24N4O/c1-15(2)21(22-24-18-8-4-5-9-19(18)25-22)26-23(28)17-11-10-16(3)20(14-17)27-12-6-7-13-27/h4-15,21H,1-3H3,(H,24,25)(H,26,28)/t21-/m0/s1. The minimum atomic E-state index is -0.198. The third kappa shape index (κ3) is 3.43. The lowest BCUT2D eigenvalue weighted by atomic mass is 10.0. The molecular weight excluding hydrogens is 348 g/mol. The Morgan fingerprint density at radius 3 is 2.54 bits per heavy atom. The molecule has 28 heavy (non-hydrogen) atoms. The van der Waals surface area contributed by atoms with Gasteiger partial charge in [0.05, 0.1) is 17.1 Å². The fourth-order valence-electron chi connectivity index (χ4n) is 3.42. The maximum absolute atomic E-state index is 13.0. The molecule has 0 aliphatic heterocycles. The maximum Gasteiger partial charge on any atom is 0.251 e. The highest BCUT2D eigenvalue weighted by Gasteiger charge is 2.22. The monoisotopic (exact) mass is 372 g/mol. The average molecular weight is 372 g/mol. The predicted octanol–water partition coefficient (Wildman–Crippen LogP) is 4.79. The Hall–Kier alpha value is -3.34. The number of benzene rings is 2. The van der Waals surface area contributed by atoms with Gasteiger partial charge in [0.2, 0.25) is 0 Å². The SMILES string of the molecule is Cc1ccc(C(=O)N[C@H](c2nc3ccccc3[nH]2)C(C)C)cc1-n1cccc1. The van der Waals surface area contributed by atoms with Crippen molar-refractivity contribution in [3.05, 3.63) is 83.9 Å². The summed E-state index contributed by atoms with van der Waals surface area (Å²) in [6.07, 6.45) is 3.96. The van der Waals surface area contributed by atoms with E-state index in [-0.39, 0.29) is 17.9 Å². The van der Waals surface area contributed by atoms with Crippen LogP contribution in [0.1, 0.15) is 41.6 Å². The number of fused-ring (bicyclic) bond motifs is 1. The van der Waals surface area contributed by atoms with Crippen molar-refractivity contribution in [1.29, 1.82) is 0 Å². The third-order valence-corrected chi connectivity index (χ3v) is 5.01. The molecule has 2 N–H and O–H groups in total. The molecule has 0 fully saturated rings. The Bertz CT molecular complexity index is 1080. The molecule has 1 atom stereocenters. The zero-order chi connectivity index (χ0) is 19.7. The molecule has 2 aromatic heterocycles. The minimum Gasteiger partial charge on any atom is -0.342 e. The van der Waals surface area contributed by atoms with Crippen molar-refractivity contribution in [2.24, 2.45) is 5.92 Å². The second kappa shape index (κ2) is 7.35. The highest BCUT2D eigenvalue weighted by molar-refractivity contribution is 5.95. The molecule has 0 saturated carbocycles. The number of hydrogen-bond acceptors (Lipinski definition) is 2. The van der Waals surface area contributed by atoms with Crippen molar-refractivity contribution >= 4 is 16.9 Å². The number of carbonyl (C=O) groups is 1. The van der Waals surface area contributed by atoms with E-state index < -0.39 is 0 Å². The van der Waals surface area contributed by atoms with Crippen LogP contribution in [0.5, 0.6) is 0 Å². The van der Waals surface area contributed by atoms with E-state index in [4.69, 9.17) is 0 Å². The van der Waals surface area contributed by atoms with Crippen LogP contribution in [0.25, 0.3) is 16.7 Å². The summed E-state index contributed by atoms with van der Waals surface area (Å²) < 4.78 is 2.02. The fourth-order valence-corrected chi connectivity index (χ4v) is 3.42. The van der Waals surface area contributed by atoms with E-state index in [2.05, 4.69) is 29.1 Å². The van der Waals surface area contributed by atoms with Crippen molar-refractivity contribution < 1.29 is 4.79 Å². The second-order valence-electron chi connectivity index (χ2n) is 7.43. The van der Waals surface area contributed by atoms with Gasteiger partial charge in [0.25, 0.3) is 5.91 Å². The van der Waals surface area contributed by atoms with Gasteiger partial charge in [0.15, 0.2) is 0 Å². The summed E-state index contributed by atoms with van der Waals surface area (Å²) >= 11 is 0. The van der Waals surface area contributed by atoms with Crippen LogP contribution in [0, 0.1) is 12.8 Å². The number of amides is 1. The van der Waals surface area contributed by atoms with E-state index in [0.717, 1.165) is 28.1 Å². The lowest BCUT2D eigenvalue weighted by molar-refractivity contribution is 0.0923. The van der Waals surface area contributed by atoms with Gasteiger partial charge in [-0.3, -0.25) is 4.79 Å². The molecule has 5 heteroatoms. The molecule has 4 rings (SSSR count). The van der Waals surface area contributed by atoms with Crippen molar-refractivity contribution in [2.75, 3.05) is 0 Å². The maximum atomic E-state index is 13.0. The first-order chi connectivity index (χ1) is 13.5. The van der Waals surface area contributed by atoms with Crippen molar-refractivity contribution in [3.8, 4) is 5.69 Å². The second-order valence-corrected chi connectivity index (χ2v) is 7.43. The van der Waals surface area contributed by atoms with Crippen molar-refractivity contribution in [1.82, 2.24) is 19.9 Å². The Morgan fingerprint density at radius 2 is 1.82 bits per heavy atom. The lowest BCUT2D eigenvalue weighted by Gasteiger charge is -2.21. The number of nitrogens with zero attached hydrogens (tertiary/aromatic N) is 2. The first kappa shape index (κ1) is 18.0. The van der Waals surface area contributed by atoms with Crippen LogP contribution < -0.4 is 5.32 Å². The van der Waals surface area contributed by atoms with Crippen LogP contribution in [-0.4, -0.2) is 20.4 Å². The quantitative estimate of drug-likeness (QED) is 0.529. The molecule has 2 heterocycles. The smallest absolute Gasteiger partial charge is 0.251 e. The molecule has 0 spiro atoms. The van der Waals surface area contributed by atoms with Crippen LogP contribution in [0.4, 0.5) is 0 Å². The minimum absolute atomic E-state index is 0.104. The van der Waals surface area contributed by atoms with Gasteiger partial charge >= 0.3 is 0 Å². The van der Waals surface area contributed by atoms with E-state index in [0.29, 0.717) is 5.56 Å². The molecule has 2 aromatic carbocycles. The van der Waals surface area contributed by atoms with E-state index in [1.54, 1.807) is 0 Å². The first-order valence-electron chi connectivity index (χ1n) is 9.52. The Morgan fingerprint density at radius 1 is 1.07 bits per heavy atom. The number of rotatable bonds is 5. The van der Waals surface area contributed by atoms with Crippen LogP contribution in [-0.2, 0) is 0 Å². The van der Waals surface area contributed by atoms with Gasteiger partial charge in [-0.15, -0.1) is 0 Å². The van der Waals surface area contributed by atoms with Gasteiger partial charge in [0, 0.05) is 23.6 Å². The van der Waals surface area contributed by atoms with Crippen molar-refractivity contribution in [2.45, 2.75) is 26.8 Å². The summed E-state index contributed by atoms with van der Waals surface area (Å²) in [7, 11) is 0. The molecule has 0 bridgehead atoms. The molecule has 0 aliphatic rings. The number of aryl methyl sites for hydroxylation is 1. The van der Waals surface area contributed by atoms with Gasteiger partial charge in [-0.1, -0.05) is 32.0 Å². The molecule has 0 radical (unpaired) electrons. The summed E-state index contributed by atoms with van der Waals surface area (Å²) in [6, 6.07) is 17.4. The van der Waals surface area contributed by atoms with Gasteiger partial charge in [-0.2, -0.15) is 0 Å². The number of carbonyl (C=O) groups excluding carboxylic acids is 1. The van der Waals surface area contributed by atoms with Crippen LogP contribution in [0.3, 0.4) is 0 Å². The zero-order valence-electron chi connectivity index (χ0n) is 16.3. The average Bonchev–Trinajstić information content (AvgIpc) is 3.35. The molecule has 0 unspecified atom stereocenters. The highest BCUT2D eigenvalue weighted by Crippen LogP contribution is 2.23. The molecule has 1 amide bonds. The summed E-state index contributed by atoms with van der Waals surface area (Å²) in [5.41, 5.74) is 4.63. The highest BCUT2D eigenvalue weighted by atomic mass is 16.1. The fraction of sp³-hybridized carbons (Fsp3) is 0.217. The number of aromatic nitrogens is 3. The molecule has 5 nitrogen and oxygen atoms in total. The number of nitrogens with one attached hydrogen (secondary N) is 2.